The van der Waals surface area contributed by atoms with Crippen molar-refractivity contribution in [1.29, 1.82) is 0 Å². The second kappa shape index (κ2) is 5.36. The van der Waals surface area contributed by atoms with Crippen molar-refractivity contribution in [3.63, 3.8) is 0 Å². The lowest BCUT2D eigenvalue weighted by atomic mass is 9.89. The lowest BCUT2D eigenvalue weighted by Crippen LogP contribution is -2.49. The van der Waals surface area contributed by atoms with Crippen LogP contribution < -0.4 is 5.32 Å². The second-order valence-corrected chi connectivity index (χ2v) is 5.61. The van der Waals surface area contributed by atoms with Crippen LogP contribution in [0.4, 0.5) is 0 Å². The Labute approximate surface area is 103 Å². The molecule has 0 bridgehead atoms. The molecule has 2 rings (SSSR count). The summed E-state index contributed by atoms with van der Waals surface area (Å²) in [5.41, 5.74) is 0. The Morgan fingerprint density at radius 1 is 1.29 bits per heavy atom. The van der Waals surface area contributed by atoms with E-state index in [1.807, 2.05) is 7.05 Å². The Hall–Kier alpha value is -0.610. The Bertz CT molecular complexity index is 283. The van der Waals surface area contributed by atoms with E-state index in [2.05, 4.69) is 12.2 Å². The van der Waals surface area contributed by atoms with Crippen LogP contribution in [0, 0.1) is 11.8 Å². The predicted octanol–water partition coefficient (Wildman–Crippen LogP) is 0.604. The first-order valence-electron chi connectivity index (χ1n) is 6.76. The van der Waals surface area contributed by atoms with Gasteiger partial charge in [-0.1, -0.05) is 19.8 Å². The van der Waals surface area contributed by atoms with Gasteiger partial charge in [-0.25, -0.2) is 0 Å². The molecule has 4 atom stereocenters. The van der Waals surface area contributed by atoms with Crippen molar-refractivity contribution in [2.24, 2.45) is 11.8 Å². The van der Waals surface area contributed by atoms with Crippen LogP contribution in [0.5, 0.6) is 0 Å². The molecule has 1 aliphatic carbocycles. The summed E-state index contributed by atoms with van der Waals surface area (Å²) in [7, 11) is 1.85. The molecule has 17 heavy (non-hydrogen) atoms. The van der Waals surface area contributed by atoms with Crippen molar-refractivity contribution < 1.29 is 9.90 Å². The summed E-state index contributed by atoms with van der Waals surface area (Å²) in [4.78, 5) is 14.2. The molecular formula is C13H24N2O2. The van der Waals surface area contributed by atoms with Gasteiger partial charge < -0.3 is 15.3 Å². The molecule has 98 valence electrons. The van der Waals surface area contributed by atoms with Crippen LogP contribution in [0.25, 0.3) is 0 Å². The monoisotopic (exact) mass is 240 g/mol. The quantitative estimate of drug-likeness (QED) is 0.743. The SMILES string of the molecule is CC1CNCC1C(=O)N(C)C1CCCCC1O. The summed E-state index contributed by atoms with van der Waals surface area (Å²) in [6, 6.07) is 0.0315. The predicted molar refractivity (Wildman–Crippen MR) is 66.6 cm³/mol. The van der Waals surface area contributed by atoms with E-state index >= 15 is 0 Å². The molecule has 0 spiro atoms. The van der Waals surface area contributed by atoms with Gasteiger partial charge in [0.15, 0.2) is 0 Å². The summed E-state index contributed by atoms with van der Waals surface area (Å²) in [6.07, 6.45) is 3.65. The van der Waals surface area contributed by atoms with Crippen molar-refractivity contribution in [1.82, 2.24) is 10.2 Å². The number of likely N-dealkylation sites (N-methyl/N-ethyl adjacent to an activating group) is 1. The van der Waals surface area contributed by atoms with Gasteiger partial charge in [0, 0.05) is 13.6 Å². The number of aliphatic hydroxyl groups is 1. The summed E-state index contributed by atoms with van der Waals surface area (Å²) >= 11 is 0. The van der Waals surface area contributed by atoms with E-state index in [1.165, 1.54) is 0 Å². The van der Waals surface area contributed by atoms with Gasteiger partial charge in [0.2, 0.25) is 5.91 Å². The van der Waals surface area contributed by atoms with Crippen molar-refractivity contribution in [3.8, 4) is 0 Å². The Kier molecular flexibility index (Phi) is 4.05. The number of carbonyl (C=O) groups excluding carboxylic acids is 1. The maximum Gasteiger partial charge on any atom is 0.227 e. The van der Waals surface area contributed by atoms with Crippen LogP contribution in [0.2, 0.25) is 0 Å². The Morgan fingerprint density at radius 2 is 2.00 bits per heavy atom. The number of carbonyl (C=O) groups is 1. The minimum absolute atomic E-state index is 0.0315. The highest BCUT2D eigenvalue weighted by Gasteiger charge is 2.36. The van der Waals surface area contributed by atoms with Gasteiger partial charge in [0.25, 0.3) is 0 Å². The summed E-state index contributed by atoms with van der Waals surface area (Å²) in [6.45, 7) is 3.83. The number of hydrogen-bond acceptors (Lipinski definition) is 3. The molecule has 1 heterocycles. The highest BCUT2D eigenvalue weighted by atomic mass is 16.3. The number of hydrogen-bond donors (Lipinski definition) is 2. The highest BCUT2D eigenvalue weighted by Crippen LogP contribution is 2.25. The van der Waals surface area contributed by atoms with E-state index in [0.29, 0.717) is 5.92 Å². The number of nitrogens with zero attached hydrogens (tertiary/aromatic N) is 1. The third-order valence-corrected chi connectivity index (χ3v) is 4.37. The molecule has 4 nitrogen and oxygen atoms in total. The van der Waals surface area contributed by atoms with E-state index in [9.17, 15) is 9.90 Å². The molecule has 1 saturated heterocycles. The largest absolute Gasteiger partial charge is 0.391 e. The third kappa shape index (κ3) is 2.63. The van der Waals surface area contributed by atoms with Crippen LogP contribution in [0.1, 0.15) is 32.6 Å². The van der Waals surface area contributed by atoms with Crippen molar-refractivity contribution in [2.75, 3.05) is 20.1 Å². The van der Waals surface area contributed by atoms with E-state index in [1.54, 1.807) is 4.90 Å². The topological polar surface area (TPSA) is 52.6 Å². The van der Waals surface area contributed by atoms with Crippen molar-refractivity contribution in [3.05, 3.63) is 0 Å². The van der Waals surface area contributed by atoms with Crippen LogP contribution in [0.3, 0.4) is 0 Å². The molecule has 0 aromatic rings. The fourth-order valence-electron chi connectivity index (χ4n) is 3.11. The molecule has 1 amide bonds. The standard InChI is InChI=1S/C13H24N2O2/c1-9-7-14-8-10(9)13(17)15(2)11-5-3-4-6-12(11)16/h9-12,14,16H,3-8H2,1-2H3. The molecular weight excluding hydrogens is 216 g/mol. The zero-order valence-corrected chi connectivity index (χ0v) is 10.9. The first-order chi connectivity index (χ1) is 8.11. The smallest absolute Gasteiger partial charge is 0.227 e. The van der Waals surface area contributed by atoms with Gasteiger partial charge in [-0.3, -0.25) is 4.79 Å². The maximum atomic E-state index is 12.4. The summed E-state index contributed by atoms with van der Waals surface area (Å²) in [5.74, 6) is 0.702. The maximum absolute atomic E-state index is 12.4. The molecule has 2 aliphatic rings. The van der Waals surface area contributed by atoms with E-state index in [0.717, 1.165) is 38.8 Å². The van der Waals surface area contributed by atoms with E-state index in [4.69, 9.17) is 0 Å². The van der Waals surface area contributed by atoms with Gasteiger partial charge in [-0.05, 0) is 25.3 Å². The third-order valence-electron chi connectivity index (χ3n) is 4.37. The highest BCUT2D eigenvalue weighted by molar-refractivity contribution is 5.79. The number of rotatable bonds is 2. The number of amides is 1. The molecule has 4 heteroatoms. The van der Waals surface area contributed by atoms with E-state index < -0.39 is 0 Å². The molecule has 2 N–H and O–H groups in total. The Morgan fingerprint density at radius 3 is 2.59 bits per heavy atom. The number of aliphatic hydroxyl groups excluding tert-OH is 1. The summed E-state index contributed by atoms with van der Waals surface area (Å²) in [5, 5.41) is 13.2. The minimum Gasteiger partial charge on any atom is -0.391 e. The van der Waals surface area contributed by atoms with Crippen LogP contribution in [-0.4, -0.2) is 48.2 Å². The summed E-state index contributed by atoms with van der Waals surface area (Å²) < 4.78 is 0. The second-order valence-electron chi connectivity index (χ2n) is 5.61. The average Bonchev–Trinajstić information content (AvgIpc) is 2.74. The van der Waals surface area contributed by atoms with Crippen LogP contribution in [-0.2, 0) is 4.79 Å². The zero-order chi connectivity index (χ0) is 12.4. The molecule has 2 fully saturated rings. The fourth-order valence-corrected chi connectivity index (χ4v) is 3.11. The molecule has 1 aliphatic heterocycles. The lowest BCUT2D eigenvalue weighted by Gasteiger charge is -2.36. The van der Waals surface area contributed by atoms with Crippen molar-refractivity contribution in [2.45, 2.75) is 44.8 Å². The lowest BCUT2D eigenvalue weighted by molar-refractivity contribution is -0.140. The molecule has 0 radical (unpaired) electrons. The average molecular weight is 240 g/mol. The fraction of sp³-hybridized carbons (Fsp3) is 0.923. The normalized spacial score (nSPS) is 38.1. The van der Waals surface area contributed by atoms with Gasteiger partial charge in [0.1, 0.15) is 0 Å². The van der Waals surface area contributed by atoms with Crippen molar-refractivity contribution >= 4 is 5.91 Å². The Balaban J connectivity index is 1.98. The van der Waals surface area contributed by atoms with Gasteiger partial charge in [-0.2, -0.15) is 0 Å². The molecule has 1 saturated carbocycles. The van der Waals surface area contributed by atoms with Crippen LogP contribution in [0.15, 0.2) is 0 Å². The number of nitrogens with one attached hydrogen (secondary N) is 1. The van der Waals surface area contributed by atoms with Gasteiger partial charge in [0.05, 0.1) is 18.1 Å². The first kappa shape index (κ1) is 12.8. The molecule has 0 aromatic carbocycles. The zero-order valence-electron chi connectivity index (χ0n) is 10.9. The van der Waals surface area contributed by atoms with Crippen LogP contribution >= 0.6 is 0 Å². The first-order valence-corrected chi connectivity index (χ1v) is 6.76. The molecule has 4 unspecified atom stereocenters. The van der Waals surface area contributed by atoms with E-state index in [-0.39, 0.29) is 24.0 Å². The van der Waals surface area contributed by atoms with Gasteiger partial charge in [-0.15, -0.1) is 0 Å². The van der Waals surface area contributed by atoms with Gasteiger partial charge >= 0.3 is 0 Å². The molecule has 0 aromatic heterocycles. The minimum atomic E-state index is -0.331.